The van der Waals surface area contributed by atoms with Crippen molar-refractivity contribution in [2.75, 3.05) is 26.1 Å². The van der Waals surface area contributed by atoms with Gasteiger partial charge in [0.15, 0.2) is 18.1 Å². The van der Waals surface area contributed by atoms with Crippen molar-refractivity contribution in [3.8, 4) is 11.5 Å². The van der Waals surface area contributed by atoms with E-state index >= 15 is 0 Å². The number of rotatable bonds is 7. The second-order valence-corrected chi connectivity index (χ2v) is 5.97. The highest BCUT2D eigenvalue weighted by Gasteiger charge is 2.10. The molecule has 0 saturated carbocycles. The average molecular weight is 377 g/mol. The molecule has 2 aromatic rings. The minimum Gasteiger partial charge on any atom is -0.493 e. The van der Waals surface area contributed by atoms with Crippen LogP contribution in [0.1, 0.15) is 16.7 Å². The van der Waals surface area contributed by atoms with E-state index in [-0.39, 0.29) is 12.5 Å². The van der Waals surface area contributed by atoms with Gasteiger partial charge in [0.1, 0.15) is 0 Å². The lowest BCUT2D eigenvalue weighted by Gasteiger charge is -2.11. The molecular weight excluding hydrogens is 356 g/mol. The highest BCUT2D eigenvalue weighted by atomic mass is 35.5. The summed E-state index contributed by atoms with van der Waals surface area (Å²) in [6, 6.07) is 9.17. The van der Waals surface area contributed by atoms with Gasteiger partial charge in [-0.1, -0.05) is 35.0 Å². The number of amides is 1. The van der Waals surface area contributed by atoms with E-state index in [9.17, 15) is 4.79 Å². The number of aryl methyl sites for hydroxylation is 2. The summed E-state index contributed by atoms with van der Waals surface area (Å²) in [6.07, 6.45) is 1.44. The van der Waals surface area contributed by atoms with Crippen LogP contribution in [0.5, 0.6) is 11.5 Å². The summed E-state index contributed by atoms with van der Waals surface area (Å²) in [5.74, 6) is 0.638. The molecule has 0 saturated heterocycles. The average Bonchev–Trinajstić information content (AvgIpc) is 2.61. The minimum absolute atomic E-state index is 0.203. The zero-order valence-corrected chi connectivity index (χ0v) is 15.9. The fourth-order valence-corrected chi connectivity index (χ4v) is 2.69. The molecular formula is C19H21ClN2O4. The maximum atomic E-state index is 12.0. The first-order valence-corrected chi connectivity index (χ1v) is 8.27. The molecule has 138 valence electrons. The van der Waals surface area contributed by atoms with Crippen LogP contribution in [0.25, 0.3) is 0 Å². The summed E-state index contributed by atoms with van der Waals surface area (Å²) in [7, 11) is 3.03. The zero-order chi connectivity index (χ0) is 19.1. The number of carbonyl (C=O) groups is 1. The molecule has 0 aliphatic heterocycles. The van der Waals surface area contributed by atoms with Crippen molar-refractivity contribution in [2.45, 2.75) is 13.8 Å². The van der Waals surface area contributed by atoms with Crippen LogP contribution >= 0.6 is 11.6 Å². The van der Waals surface area contributed by atoms with Gasteiger partial charge < -0.3 is 19.6 Å². The van der Waals surface area contributed by atoms with Crippen molar-refractivity contribution in [1.29, 1.82) is 0 Å². The van der Waals surface area contributed by atoms with E-state index in [0.29, 0.717) is 22.1 Å². The second-order valence-electron chi connectivity index (χ2n) is 5.56. The van der Waals surface area contributed by atoms with E-state index in [1.165, 1.54) is 20.4 Å². The van der Waals surface area contributed by atoms with Crippen LogP contribution in [0.3, 0.4) is 0 Å². The highest BCUT2D eigenvalue weighted by molar-refractivity contribution is 6.32. The summed E-state index contributed by atoms with van der Waals surface area (Å²) >= 11 is 6.12. The number of nitrogens with one attached hydrogen (secondary N) is 1. The summed E-state index contributed by atoms with van der Waals surface area (Å²) < 4.78 is 10.4. The smallest absolute Gasteiger partial charge is 0.265 e. The summed E-state index contributed by atoms with van der Waals surface area (Å²) in [5, 5.41) is 7.01. The van der Waals surface area contributed by atoms with Crippen LogP contribution in [-0.4, -0.2) is 32.9 Å². The summed E-state index contributed by atoms with van der Waals surface area (Å²) in [5.41, 5.74) is 3.42. The first-order chi connectivity index (χ1) is 12.5. The van der Waals surface area contributed by atoms with Crippen molar-refractivity contribution in [3.05, 3.63) is 52.0 Å². The van der Waals surface area contributed by atoms with Gasteiger partial charge in [-0.05, 0) is 37.1 Å². The van der Waals surface area contributed by atoms with Gasteiger partial charge in [-0.25, -0.2) is 0 Å². The topological polar surface area (TPSA) is 69.2 Å². The van der Waals surface area contributed by atoms with Gasteiger partial charge >= 0.3 is 0 Å². The number of anilines is 1. The number of methoxy groups -OCH3 is 2. The molecule has 0 bridgehead atoms. The predicted molar refractivity (Wildman–Crippen MR) is 103 cm³/mol. The maximum Gasteiger partial charge on any atom is 0.265 e. The van der Waals surface area contributed by atoms with Crippen molar-refractivity contribution in [1.82, 2.24) is 0 Å². The van der Waals surface area contributed by atoms with Crippen LogP contribution in [0, 0.1) is 13.8 Å². The van der Waals surface area contributed by atoms with Gasteiger partial charge in [0.25, 0.3) is 5.91 Å². The third-order valence-electron chi connectivity index (χ3n) is 3.67. The Balaban J connectivity index is 1.95. The summed E-state index contributed by atoms with van der Waals surface area (Å²) in [6.45, 7) is 3.66. The molecule has 0 aliphatic rings. The quantitative estimate of drug-likeness (QED) is 0.586. The molecule has 0 fully saturated rings. The lowest BCUT2D eigenvalue weighted by molar-refractivity contribution is -0.120. The van der Waals surface area contributed by atoms with Crippen molar-refractivity contribution in [3.63, 3.8) is 0 Å². The van der Waals surface area contributed by atoms with Crippen LogP contribution in [0.15, 0.2) is 35.5 Å². The van der Waals surface area contributed by atoms with Crippen LogP contribution < -0.4 is 14.8 Å². The van der Waals surface area contributed by atoms with Crippen LogP contribution in [-0.2, 0) is 9.63 Å². The first-order valence-electron chi connectivity index (χ1n) is 7.89. The monoisotopic (exact) mass is 376 g/mol. The zero-order valence-electron chi connectivity index (χ0n) is 15.1. The van der Waals surface area contributed by atoms with Crippen molar-refractivity contribution >= 4 is 29.4 Å². The molecule has 2 aromatic carbocycles. The Bertz CT molecular complexity index is 801. The van der Waals surface area contributed by atoms with Gasteiger partial charge in [0.05, 0.1) is 25.5 Å². The number of hydrogen-bond acceptors (Lipinski definition) is 5. The van der Waals surface area contributed by atoms with Crippen molar-refractivity contribution < 1.29 is 19.1 Å². The number of carbonyl (C=O) groups excluding carboxylic acids is 1. The van der Waals surface area contributed by atoms with E-state index in [1.54, 1.807) is 12.1 Å². The molecule has 0 radical (unpaired) electrons. The number of benzene rings is 2. The number of ether oxygens (including phenoxy) is 2. The van der Waals surface area contributed by atoms with Gasteiger partial charge in [-0.3, -0.25) is 4.79 Å². The van der Waals surface area contributed by atoms with E-state index in [0.717, 1.165) is 16.8 Å². The van der Waals surface area contributed by atoms with Crippen molar-refractivity contribution in [2.24, 2.45) is 5.16 Å². The normalized spacial score (nSPS) is 10.7. The Morgan fingerprint density at radius 2 is 1.88 bits per heavy atom. The highest BCUT2D eigenvalue weighted by Crippen LogP contribution is 2.35. The number of oxime groups is 1. The minimum atomic E-state index is -0.287. The van der Waals surface area contributed by atoms with E-state index in [4.69, 9.17) is 25.9 Å². The SMILES string of the molecule is COc1cc(/C=N/OCC(=O)Nc2c(C)cccc2C)cc(Cl)c1OC. The third kappa shape index (κ3) is 4.89. The molecule has 0 unspecified atom stereocenters. The molecule has 26 heavy (non-hydrogen) atoms. The van der Waals surface area contributed by atoms with Gasteiger partial charge in [0.2, 0.25) is 0 Å². The molecule has 1 N–H and O–H groups in total. The largest absolute Gasteiger partial charge is 0.493 e. The third-order valence-corrected chi connectivity index (χ3v) is 3.95. The summed E-state index contributed by atoms with van der Waals surface area (Å²) in [4.78, 5) is 17.1. The molecule has 2 rings (SSSR count). The Morgan fingerprint density at radius 1 is 1.19 bits per heavy atom. The Morgan fingerprint density at radius 3 is 2.50 bits per heavy atom. The van der Waals surface area contributed by atoms with Gasteiger partial charge in [-0.2, -0.15) is 0 Å². The predicted octanol–water partition coefficient (Wildman–Crippen LogP) is 3.96. The first kappa shape index (κ1) is 19.6. The van der Waals surface area contributed by atoms with Gasteiger partial charge in [0, 0.05) is 11.3 Å². The molecule has 0 spiro atoms. The maximum absolute atomic E-state index is 12.0. The fourth-order valence-electron chi connectivity index (χ4n) is 2.39. The molecule has 7 heteroatoms. The van der Waals surface area contributed by atoms with E-state index < -0.39 is 0 Å². The Hall–Kier alpha value is -2.73. The molecule has 0 heterocycles. The molecule has 0 aromatic heterocycles. The lowest BCUT2D eigenvalue weighted by atomic mass is 10.1. The number of hydrogen-bond donors (Lipinski definition) is 1. The number of para-hydroxylation sites is 1. The molecule has 0 aliphatic carbocycles. The standard InChI is InChI=1S/C19H21ClN2O4/c1-12-6-5-7-13(2)18(12)22-17(23)11-26-21-10-14-8-15(20)19(25-4)16(9-14)24-3/h5-10H,11H2,1-4H3,(H,22,23)/b21-10+. The second kappa shape index (κ2) is 9.10. The number of nitrogens with zero attached hydrogens (tertiary/aromatic N) is 1. The number of halogens is 1. The fraction of sp³-hybridized carbons (Fsp3) is 0.263. The Kier molecular flexibility index (Phi) is 6.86. The van der Waals surface area contributed by atoms with E-state index in [2.05, 4.69) is 10.5 Å². The lowest BCUT2D eigenvalue weighted by Crippen LogP contribution is -2.18. The molecule has 1 amide bonds. The van der Waals surface area contributed by atoms with Gasteiger partial charge in [-0.15, -0.1) is 0 Å². The molecule has 6 nitrogen and oxygen atoms in total. The molecule has 0 atom stereocenters. The van der Waals surface area contributed by atoms with Crippen LogP contribution in [0.4, 0.5) is 5.69 Å². The van der Waals surface area contributed by atoms with Crippen LogP contribution in [0.2, 0.25) is 5.02 Å². The Labute approximate surface area is 157 Å². The van der Waals surface area contributed by atoms with E-state index in [1.807, 2.05) is 32.0 Å².